The van der Waals surface area contributed by atoms with Crippen LogP contribution in [-0.2, 0) is 6.42 Å². The van der Waals surface area contributed by atoms with Crippen molar-refractivity contribution >= 4 is 28.5 Å². The fraction of sp³-hybridized carbons (Fsp3) is 0.444. The van der Waals surface area contributed by atoms with Crippen LogP contribution in [0.3, 0.4) is 0 Å². The standard InChI is InChI=1S/C18H23N5OS/c1-5-19-16-13-8-6-7-9-14(13)20-18(21-16)25-12(4)17-23-22-15(24-17)10-11(2)3/h6-9,11-12H,5,10H2,1-4H3,(H,19,20,21). The molecule has 6 nitrogen and oxygen atoms in total. The van der Waals surface area contributed by atoms with Gasteiger partial charge in [0, 0.05) is 18.4 Å². The Morgan fingerprint density at radius 1 is 1.12 bits per heavy atom. The van der Waals surface area contributed by atoms with Crippen LogP contribution in [0.1, 0.15) is 44.7 Å². The van der Waals surface area contributed by atoms with E-state index in [9.17, 15) is 0 Å². The Hall–Kier alpha value is -2.15. The van der Waals surface area contributed by atoms with Crippen LogP contribution < -0.4 is 5.32 Å². The van der Waals surface area contributed by atoms with Gasteiger partial charge in [0.05, 0.1) is 10.8 Å². The van der Waals surface area contributed by atoms with E-state index in [1.807, 2.05) is 31.2 Å². The summed E-state index contributed by atoms with van der Waals surface area (Å²) in [6, 6.07) is 8.01. The van der Waals surface area contributed by atoms with E-state index in [4.69, 9.17) is 4.42 Å². The van der Waals surface area contributed by atoms with Crippen molar-refractivity contribution in [3.05, 3.63) is 36.0 Å². The number of fused-ring (bicyclic) bond motifs is 1. The molecule has 1 atom stereocenters. The van der Waals surface area contributed by atoms with Crippen LogP contribution in [0, 0.1) is 5.92 Å². The van der Waals surface area contributed by atoms with Crippen LogP contribution in [0.25, 0.3) is 10.9 Å². The summed E-state index contributed by atoms with van der Waals surface area (Å²) in [5.41, 5.74) is 0.925. The SMILES string of the molecule is CCNc1nc(SC(C)c2nnc(CC(C)C)o2)nc2ccccc12. The first-order valence-corrected chi connectivity index (χ1v) is 9.44. The summed E-state index contributed by atoms with van der Waals surface area (Å²) >= 11 is 1.53. The fourth-order valence-corrected chi connectivity index (χ4v) is 3.29. The summed E-state index contributed by atoms with van der Waals surface area (Å²) in [5.74, 6) is 2.64. The summed E-state index contributed by atoms with van der Waals surface area (Å²) in [6.07, 6.45) is 0.793. The molecule has 0 fully saturated rings. The highest BCUT2D eigenvalue weighted by Crippen LogP contribution is 2.34. The number of aromatic nitrogens is 4. The minimum Gasteiger partial charge on any atom is -0.424 e. The second-order valence-corrected chi connectivity index (χ2v) is 7.60. The van der Waals surface area contributed by atoms with Crippen LogP contribution in [0.15, 0.2) is 33.8 Å². The zero-order chi connectivity index (χ0) is 17.8. The van der Waals surface area contributed by atoms with E-state index in [2.05, 4.69) is 46.3 Å². The lowest BCUT2D eigenvalue weighted by Gasteiger charge is -2.10. The van der Waals surface area contributed by atoms with Crippen molar-refractivity contribution in [3.63, 3.8) is 0 Å². The van der Waals surface area contributed by atoms with Gasteiger partial charge >= 0.3 is 0 Å². The predicted octanol–water partition coefficient (Wildman–Crippen LogP) is 4.50. The summed E-state index contributed by atoms with van der Waals surface area (Å²) < 4.78 is 5.78. The molecule has 0 saturated carbocycles. The van der Waals surface area contributed by atoms with Crippen molar-refractivity contribution < 1.29 is 4.42 Å². The molecule has 0 aliphatic rings. The Balaban J connectivity index is 1.83. The van der Waals surface area contributed by atoms with Gasteiger partial charge in [-0.25, -0.2) is 9.97 Å². The van der Waals surface area contributed by atoms with Gasteiger partial charge in [0.15, 0.2) is 5.16 Å². The number of para-hydroxylation sites is 1. The Bertz CT molecular complexity index is 848. The van der Waals surface area contributed by atoms with Gasteiger partial charge in [-0.1, -0.05) is 37.7 Å². The fourth-order valence-electron chi connectivity index (χ4n) is 2.48. The average molecular weight is 357 g/mol. The topological polar surface area (TPSA) is 76.7 Å². The summed E-state index contributed by atoms with van der Waals surface area (Å²) in [7, 11) is 0. The molecule has 0 saturated heterocycles. The van der Waals surface area contributed by atoms with E-state index in [0.29, 0.717) is 22.9 Å². The smallest absolute Gasteiger partial charge is 0.229 e. The Morgan fingerprint density at radius 3 is 2.68 bits per heavy atom. The lowest BCUT2D eigenvalue weighted by molar-refractivity contribution is 0.426. The quantitative estimate of drug-likeness (QED) is 0.493. The third-order valence-corrected chi connectivity index (χ3v) is 4.57. The maximum absolute atomic E-state index is 5.78. The summed E-state index contributed by atoms with van der Waals surface area (Å²) in [5, 5.41) is 13.3. The number of benzene rings is 1. The molecule has 25 heavy (non-hydrogen) atoms. The van der Waals surface area contributed by atoms with E-state index >= 15 is 0 Å². The van der Waals surface area contributed by atoms with Crippen LogP contribution in [-0.4, -0.2) is 26.7 Å². The van der Waals surface area contributed by atoms with Crippen LogP contribution in [0.2, 0.25) is 0 Å². The summed E-state index contributed by atoms with van der Waals surface area (Å²) in [6.45, 7) is 9.16. The molecular weight excluding hydrogens is 334 g/mol. The van der Waals surface area contributed by atoms with E-state index < -0.39 is 0 Å². The molecule has 2 aromatic heterocycles. The van der Waals surface area contributed by atoms with Crippen molar-refractivity contribution in [1.29, 1.82) is 0 Å². The van der Waals surface area contributed by atoms with Crippen molar-refractivity contribution in [2.24, 2.45) is 5.92 Å². The number of rotatable bonds is 7. The maximum atomic E-state index is 5.78. The molecule has 1 aromatic carbocycles. The lowest BCUT2D eigenvalue weighted by atomic mass is 10.1. The highest BCUT2D eigenvalue weighted by molar-refractivity contribution is 7.99. The molecular formula is C18H23N5OS. The number of nitrogens with zero attached hydrogens (tertiary/aromatic N) is 4. The Morgan fingerprint density at radius 2 is 1.92 bits per heavy atom. The molecule has 0 aliphatic carbocycles. The van der Waals surface area contributed by atoms with Crippen molar-refractivity contribution in [2.45, 2.75) is 44.5 Å². The molecule has 1 unspecified atom stereocenters. The molecule has 0 spiro atoms. The van der Waals surface area contributed by atoms with Gasteiger partial charge in [0.2, 0.25) is 11.8 Å². The molecule has 7 heteroatoms. The normalized spacial score (nSPS) is 12.7. The summed E-state index contributed by atoms with van der Waals surface area (Å²) in [4.78, 5) is 9.32. The van der Waals surface area contributed by atoms with Gasteiger partial charge in [-0.05, 0) is 31.9 Å². The van der Waals surface area contributed by atoms with Crippen LogP contribution in [0.5, 0.6) is 0 Å². The molecule has 3 rings (SSSR count). The van der Waals surface area contributed by atoms with Gasteiger partial charge in [-0.3, -0.25) is 0 Å². The third kappa shape index (κ3) is 4.28. The molecule has 132 valence electrons. The lowest BCUT2D eigenvalue weighted by Crippen LogP contribution is -2.03. The van der Waals surface area contributed by atoms with E-state index in [1.54, 1.807) is 0 Å². The molecule has 2 heterocycles. The Labute approximate surface area is 151 Å². The molecule has 0 amide bonds. The largest absolute Gasteiger partial charge is 0.424 e. The van der Waals surface area contributed by atoms with Gasteiger partial charge < -0.3 is 9.73 Å². The van der Waals surface area contributed by atoms with Crippen molar-refractivity contribution in [2.75, 3.05) is 11.9 Å². The van der Waals surface area contributed by atoms with E-state index in [0.717, 1.165) is 29.7 Å². The first kappa shape index (κ1) is 17.7. The first-order chi connectivity index (χ1) is 12.1. The van der Waals surface area contributed by atoms with Gasteiger partial charge in [-0.2, -0.15) is 0 Å². The number of nitrogens with one attached hydrogen (secondary N) is 1. The minimum atomic E-state index is -0.0101. The van der Waals surface area contributed by atoms with Crippen LogP contribution >= 0.6 is 11.8 Å². The van der Waals surface area contributed by atoms with Crippen LogP contribution in [0.4, 0.5) is 5.82 Å². The van der Waals surface area contributed by atoms with E-state index in [1.165, 1.54) is 11.8 Å². The predicted molar refractivity (Wildman–Crippen MR) is 101 cm³/mol. The number of hydrogen-bond donors (Lipinski definition) is 1. The molecule has 0 bridgehead atoms. The minimum absolute atomic E-state index is 0.0101. The van der Waals surface area contributed by atoms with Gasteiger partial charge in [0.1, 0.15) is 5.82 Å². The van der Waals surface area contributed by atoms with Crippen molar-refractivity contribution in [1.82, 2.24) is 20.2 Å². The zero-order valence-electron chi connectivity index (χ0n) is 15.0. The van der Waals surface area contributed by atoms with Gasteiger partial charge in [0.25, 0.3) is 0 Å². The highest BCUT2D eigenvalue weighted by Gasteiger charge is 2.18. The van der Waals surface area contributed by atoms with Gasteiger partial charge in [-0.15, -0.1) is 10.2 Å². The number of hydrogen-bond acceptors (Lipinski definition) is 7. The second kappa shape index (κ2) is 7.82. The number of anilines is 1. The average Bonchev–Trinajstić information content (AvgIpc) is 3.03. The number of thioether (sulfide) groups is 1. The van der Waals surface area contributed by atoms with Crippen molar-refractivity contribution in [3.8, 4) is 0 Å². The molecule has 0 radical (unpaired) electrons. The molecule has 1 N–H and O–H groups in total. The monoisotopic (exact) mass is 357 g/mol. The molecule has 0 aliphatic heterocycles. The third-order valence-electron chi connectivity index (χ3n) is 3.62. The van der Waals surface area contributed by atoms with E-state index in [-0.39, 0.29) is 5.25 Å². The first-order valence-electron chi connectivity index (χ1n) is 8.56. The highest BCUT2D eigenvalue weighted by atomic mass is 32.2. The Kier molecular flexibility index (Phi) is 5.53. The maximum Gasteiger partial charge on any atom is 0.229 e. The molecule has 3 aromatic rings. The second-order valence-electron chi connectivity index (χ2n) is 6.29. The zero-order valence-corrected chi connectivity index (χ0v) is 15.8.